The summed E-state index contributed by atoms with van der Waals surface area (Å²) in [5.74, 6) is -2.48. The summed E-state index contributed by atoms with van der Waals surface area (Å²) in [6.45, 7) is 2.10. The van der Waals surface area contributed by atoms with Crippen molar-refractivity contribution < 1.29 is 14.7 Å². The summed E-state index contributed by atoms with van der Waals surface area (Å²) in [5.41, 5.74) is 1.04. The Kier molecular flexibility index (Phi) is 5.65. The van der Waals surface area contributed by atoms with Crippen LogP contribution in [0.2, 0.25) is 5.02 Å². The van der Waals surface area contributed by atoms with E-state index in [1.807, 2.05) is 12.1 Å². The van der Waals surface area contributed by atoms with E-state index in [0.29, 0.717) is 24.4 Å². The Morgan fingerprint density at radius 2 is 1.94 bits per heavy atom. The molecule has 0 saturated carbocycles. The lowest BCUT2D eigenvalue weighted by Gasteiger charge is -2.10. The number of halogens is 1. The first-order valence-electron chi connectivity index (χ1n) is 5.79. The molecule has 0 aliphatic heterocycles. The quantitative estimate of drug-likeness (QED) is 0.778. The van der Waals surface area contributed by atoms with Gasteiger partial charge >= 0.3 is 5.97 Å². The van der Waals surface area contributed by atoms with Gasteiger partial charge in [0.05, 0.1) is 0 Å². The molecule has 1 aromatic rings. The molecule has 2 N–H and O–H groups in total. The number of aliphatic carboxylic acids is 1. The van der Waals surface area contributed by atoms with E-state index >= 15 is 0 Å². The van der Waals surface area contributed by atoms with Gasteiger partial charge in [-0.25, -0.2) is 0 Å². The molecule has 0 spiro atoms. The van der Waals surface area contributed by atoms with E-state index in [4.69, 9.17) is 16.7 Å². The Hall–Kier alpha value is -1.55. The summed E-state index contributed by atoms with van der Waals surface area (Å²) in [7, 11) is 0. The first-order chi connectivity index (χ1) is 8.54. The first kappa shape index (κ1) is 14.5. The van der Waals surface area contributed by atoms with Crippen molar-refractivity contribution in [3.05, 3.63) is 34.9 Å². The van der Waals surface area contributed by atoms with Gasteiger partial charge in [-0.05, 0) is 30.5 Å². The van der Waals surface area contributed by atoms with Crippen molar-refractivity contribution in [2.75, 3.05) is 6.54 Å². The number of carbonyl (C=O) groups excluding carboxylic acids is 1. The van der Waals surface area contributed by atoms with Crippen LogP contribution in [0.4, 0.5) is 0 Å². The van der Waals surface area contributed by atoms with Crippen molar-refractivity contribution >= 4 is 23.5 Å². The van der Waals surface area contributed by atoms with Gasteiger partial charge in [-0.15, -0.1) is 0 Å². The molecule has 1 aromatic carbocycles. The number of amides is 1. The summed E-state index contributed by atoms with van der Waals surface area (Å²) in [6, 6.07) is 7.32. The molecule has 0 radical (unpaired) electrons. The van der Waals surface area contributed by atoms with E-state index in [1.165, 1.54) is 0 Å². The third-order valence-electron chi connectivity index (χ3n) is 2.65. The van der Waals surface area contributed by atoms with E-state index in [-0.39, 0.29) is 0 Å². The number of carboxylic acids is 1. The average Bonchev–Trinajstić information content (AvgIpc) is 2.32. The van der Waals surface area contributed by atoms with Crippen molar-refractivity contribution in [2.45, 2.75) is 19.8 Å². The van der Waals surface area contributed by atoms with Crippen LogP contribution in [0.15, 0.2) is 24.3 Å². The number of hydrogen-bond donors (Lipinski definition) is 2. The number of carboxylic acid groups (broad SMARTS) is 1. The van der Waals surface area contributed by atoms with Crippen molar-refractivity contribution in [1.82, 2.24) is 5.32 Å². The third kappa shape index (κ3) is 4.37. The number of nitrogens with one attached hydrogen (secondary N) is 1. The fourth-order valence-electron chi connectivity index (χ4n) is 1.58. The van der Waals surface area contributed by atoms with Crippen LogP contribution in [0.5, 0.6) is 0 Å². The lowest BCUT2D eigenvalue weighted by Crippen LogP contribution is -2.36. The lowest BCUT2D eigenvalue weighted by atomic mass is 10.1. The molecule has 0 heterocycles. The van der Waals surface area contributed by atoms with E-state index in [9.17, 15) is 9.59 Å². The third-order valence-corrected chi connectivity index (χ3v) is 2.90. The van der Waals surface area contributed by atoms with Crippen LogP contribution >= 0.6 is 11.6 Å². The van der Waals surface area contributed by atoms with E-state index < -0.39 is 17.8 Å². The normalized spacial score (nSPS) is 11.9. The van der Waals surface area contributed by atoms with Crippen LogP contribution in [0.25, 0.3) is 0 Å². The van der Waals surface area contributed by atoms with Gasteiger partial charge in [-0.2, -0.15) is 0 Å². The molecule has 1 rings (SSSR count). The van der Waals surface area contributed by atoms with E-state index in [0.717, 1.165) is 5.56 Å². The van der Waals surface area contributed by atoms with Gasteiger partial charge in [0.2, 0.25) is 5.91 Å². The second-order valence-electron chi connectivity index (χ2n) is 3.97. The summed E-state index contributed by atoms with van der Waals surface area (Å²) >= 11 is 5.76. The average molecular weight is 270 g/mol. The standard InChI is InChI=1S/C13H16ClNO3/c1-2-11(13(17)18)12(16)15-8-7-9-3-5-10(14)6-4-9/h3-6,11H,2,7-8H2,1H3,(H,15,16)(H,17,18). The zero-order valence-electron chi connectivity index (χ0n) is 10.1. The van der Waals surface area contributed by atoms with Crippen LogP contribution in [-0.4, -0.2) is 23.5 Å². The highest BCUT2D eigenvalue weighted by Gasteiger charge is 2.23. The fourth-order valence-corrected chi connectivity index (χ4v) is 1.70. The maximum atomic E-state index is 11.5. The first-order valence-corrected chi connectivity index (χ1v) is 6.17. The molecule has 0 aromatic heterocycles. The molecule has 0 fully saturated rings. The van der Waals surface area contributed by atoms with Crippen LogP contribution < -0.4 is 5.32 Å². The van der Waals surface area contributed by atoms with Crippen molar-refractivity contribution in [2.24, 2.45) is 5.92 Å². The summed E-state index contributed by atoms with van der Waals surface area (Å²) in [6.07, 6.45) is 0.946. The predicted octanol–water partition coefficient (Wildman–Crippen LogP) is 2.11. The molecule has 98 valence electrons. The molecule has 4 nitrogen and oxygen atoms in total. The molecule has 1 unspecified atom stereocenters. The van der Waals surface area contributed by atoms with Crippen LogP contribution in [0.1, 0.15) is 18.9 Å². The summed E-state index contributed by atoms with van der Waals surface area (Å²) in [5, 5.41) is 12.1. The maximum Gasteiger partial charge on any atom is 0.316 e. The maximum absolute atomic E-state index is 11.5. The van der Waals surface area contributed by atoms with Gasteiger partial charge in [-0.1, -0.05) is 30.7 Å². The highest BCUT2D eigenvalue weighted by atomic mass is 35.5. The van der Waals surface area contributed by atoms with Gasteiger partial charge in [0.25, 0.3) is 0 Å². The summed E-state index contributed by atoms with van der Waals surface area (Å²) in [4.78, 5) is 22.3. The van der Waals surface area contributed by atoms with Gasteiger partial charge in [0.1, 0.15) is 5.92 Å². The molecule has 0 aliphatic rings. The molecule has 0 aliphatic carbocycles. The smallest absolute Gasteiger partial charge is 0.316 e. The Morgan fingerprint density at radius 3 is 2.44 bits per heavy atom. The van der Waals surface area contributed by atoms with Gasteiger partial charge in [0, 0.05) is 11.6 Å². The topological polar surface area (TPSA) is 66.4 Å². The summed E-state index contributed by atoms with van der Waals surface area (Å²) < 4.78 is 0. The van der Waals surface area contributed by atoms with E-state index in [1.54, 1.807) is 19.1 Å². The highest BCUT2D eigenvalue weighted by Crippen LogP contribution is 2.09. The van der Waals surface area contributed by atoms with Crippen LogP contribution in [-0.2, 0) is 16.0 Å². The number of carbonyl (C=O) groups is 2. The lowest BCUT2D eigenvalue weighted by molar-refractivity contribution is -0.147. The highest BCUT2D eigenvalue weighted by molar-refractivity contribution is 6.30. The second-order valence-corrected chi connectivity index (χ2v) is 4.40. The minimum atomic E-state index is -1.08. The Bertz CT molecular complexity index is 417. The van der Waals surface area contributed by atoms with Gasteiger partial charge in [0.15, 0.2) is 0 Å². The van der Waals surface area contributed by atoms with Crippen molar-refractivity contribution in [3.8, 4) is 0 Å². The predicted molar refractivity (Wildman–Crippen MR) is 69.6 cm³/mol. The Balaban J connectivity index is 2.39. The SMILES string of the molecule is CCC(C(=O)O)C(=O)NCCc1ccc(Cl)cc1. The zero-order valence-corrected chi connectivity index (χ0v) is 10.9. The molecule has 1 atom stereocenters. The largest absolute Gasteiger partial charge is 0.481 e. The number of benzene rings is 1. The van der Waals surface area contributed by atoms with Crippen molar-refractivity contribution in [3.63, 3.8) is 0 Å². The van der Waals surface area contributed by atoms with Crippen molar-refractivity contribution in [1.29, 1.82) is 0 Å². The molecule has 18 heavy (non-hydrogen) atoms. The number of rotatable bonds is 6. The zero-order chi connectivity index (χ0) is 13.5. The Labute approximate surface area is 111 Å². The molecule has 0 bridgehead atoms. The fraction of sp³-hybridized carbons (Fsp3) is 0.385. The molecular formula is C13H16ClNO3. The second kappa shape index (κ2) is 7.01. The molecule has 1 amide bonds. The minimum Gasteiger partial charge on any atom is -0.481 e. The number of hydrogen-bond acceptors (Lipinski definition) is 2. The van der Waals surface area contributed by atoms with Gasteiger partial charge < -0.3 is 10.4 Å². The molecular weight excluding hydrogens is 254 g/mol. The molecule has 5 heteroatoms. The van der Waals surface area contributed by atoms with Gasteiger partial charge in [-0.3, -0.25) is 9.59 Å². The molecule has 0 saturated heterocycles. The minimum absolute atomic E-state index is 0.294. The van der Waals surface area contributed by atoms with Crippen LogP contribution in [0.3, 0.4) is 0 Å². The van der Waals surface area contributed by atoms with E-state index in [2.05, 4.69) is 5.32 Å². The van der Waals surface area contributed by atoms with Crippen LogP contribution in [0, 0.1) is 5.92 Å². The monoisotopic (exact) mass is 269 g/mol. The Morgan fingerprint density at radius 1 is 1.33 bits per heavy atom.